The van der Waals surface area contributed by atoms with Gasteiger partial charge in [-0.2, -0.15) is 0 Å². The lowest BCUT2D eigenvalue weighted by atomic mass is 9.89. The van der Waals surface area contributed by atoms with Gasteiger partial charge in [-0.1, -0.05) is 35.5 Å². The predicted molar refractivity (Wildman–Crippen MR) is 84.7 cm³/mol. The molecule has 1 N–H and O–H groups in total. The molecular formula is C17H21N3O2. The van der Waals surface area contributed by atoms with Crippen LogP contribution in [0.5, 0.6) is 0 Å². The van der Waals surface area contributed by atoms with Crippen molar-refractivity contribution in [2.75, 3.05) is 25.0 Å². The van der Waals surface area contributed by atoms with Crippen LogP contribution in [-0.2, 0) is 4.79 Å². The summed E-state index contributed by atoms with van der Waals surface area (Å²) >= 11 is 0. The van der Waals surface area contributed by atoms with Gasteiger partial charge in [0.25, 0.3) is 0 Å². The first-order valence-electron chi connectivity index (χ1n) is 7.71. The molecule has 1 saturated heterocycles. The molecule has 0 unspecified atom stereocenters. The third kappa shape index (κ3) is 3.74. The minimum Gasteiger partial charge on any atom is -0.338 e. The zero-order valence-electron chi connectivity index (χ0n) is 12.8. The smallest absolute Gasteiger partial charge is 0.240 e. The summed E-state index contributed by atoms with van der Waals surface area (Å²) in [5, 5.41) is 6.50. The van der Waals surface area contributed by atoms with Gasteiger partial charge in [0.2, 0.25) is 11.8 Å². The van der Waals surface area contributed by atoms with Crippen molar-refractivity contribution in [2.24, 2.45) is 0 Å². The number of piperidine rings is 1. The molecule has 116 valence electrons. The molecule has 1 aliphatic rings. The molecule has 22 heavy (non-hydrogen) atoms. The SMILES string of the molecule is Cc1cc(NC(=O)CN2CCC(c3ccccc3)CC2)on1. The predicted octanol–water partition coefficient (Wildman–Crippen LogP) is 2.80. The van der Waals surface area contributed by atoms with Gasteiger partial charge < -0.3 is 4.52 Å². The second-order valence-corrected chi connectivity index (χ2v) is 5.84. The highest BCUT2D eigenvalue weighted by Gasteiger charge is 2.22. The van der Waals surface area contributed by atoms with E-state index < -0.39 is 0 Å². The van der Waals surface area contributed by atoms with E-state index in [-0.39, 0.29) is 5.91 Å². The third-order valence-corrected chi connectivity index (χ3v) is 4.12. The topological polar surface area (TPSA) is 58.4 Å². The Morgan fingerprint density at radius 1 is 1.32 bits per heavy atom. The van der Waals surface area contributed by atoms with Crippen molar-refractivity contribution in [2.45, 2.75) is 25.7 Å². The van der Waals surface area contributed by atoms with E-state index in [0.717, 1.165) is 31.6 Å². The monoisotopic (exact) mass is 299 g/mol. The van der Waals surface area contributed by atoms with Gasteiger partial charge in [-0.15, -0.1) is 0 Å². The van der Waals surface area contributed by atoms with Crippen molar-refractivity contribution < 1.29 is 9.32 Å². The van der Waals surface area contributed by atoms with Gasteiger partial charge >= 0.3 is 0 Å². The fourth-order valence-corrected chi connectivity index (χ4v) is 2.95. The van der Waals surface area contributed by atoms with Crippen molar-refractivity contribution in [3.63, 3.8) is 0 Å². The summed E-state index contributed by atoms with van der Waals surface area (Å²) in [5.74, 6) is 0.980. The summed E-state index contributed by atoms with van der Waals surface area (Å²) in [6, 6.07) is 12.3. The van der Waals surface area contributed by atoms with Crippen LogP contribution in [-0.4, -0.2) is 35.6 Å². The van der Waals surface area contributed by atoms with Crippen molar-refractivity contribution in [3.8, 4) is 0 Å². The van der Waals surface area contributed by atoms with E-state index in [2.05, 4.69) is 39.6 Å². The fraction of sp³-hybridized carbons (Fsp3) is 0.412. The number of carbonyl (C=O) groups is 1. The molecule has 0 radical (unpaired) electrons. The number of nitrogens with zero attached hydrogens (tertiary/aromatic N) is 2. The van der Waals surface area contributed by atoms with Gasteiger partial charge in [0.1, 0.15) is 0 Å². The first-order valence-corrected chi connectivity index (χ1v) is 7.71. The zero-order chi connectivity index (χ0) is 15.4. The van der Waals surface area contributed by atoms with Crippen LogP contribution >= 0.6 is 0 Å². The quantitative estimate of drug-likeness (QED) is 0.943. The Labute approximate surface area is 130 Å². The van der Waals surface area contributed by atoms with Gasteiger partial charge in [0.05, 0.1) is 12.2 Å². The van der Waals surface area contributed by atoms with E-state index in [1.54, 1.807) is 6.07 Å². The van der Waals surface area contributed by atoms with Crippen LogP contribution in [0, 0.1) is 6.92 Å². The lowest BCUT2D eigenvalue weighted by molar-refractivity contribution is -0.117. The van der Waals surface area contributed by atoms with Crippen LogP contribution in [0.2, 0.25) is 0 Å². The summed E-state index contributed by atoms with van der Waals surface area (Å²) in [5.41, 5.74) is 2.17. The maximum atomic E-state index is 12.0. The lowest BCUT2D eigenvalue weighted by Gasteiger charge is -2.31. The number of hydrogen-bond donors (Lipinski definition) is 1. The van der Waals surface area contributed by atoms with Crippen molar-refractivity contribution in [3.05, 3.63) is 47.7 Å². The molecule has 0 atom stereocenters. The molecule has 0 saturated carbocycles. The Hall–Kier alpha value is -2.14. The van der Waals surface area contributed by atoms with E-state index >= 15 is 0 Å². The van der Waals surface area contributed by atoms with Crippen LogP contribution in [0.1, 0.15) is 30.0 Å². The van der Waals surface area contributed by atoms with Gasteiger partial charge in [0.15, 0.2) is 0 Å². The molecule has 0 bridgehead atoms. The number of benzene rings is 1. The highest BCUT2D eigenvalue weighted by molar-refractivity contribution is 5.90. The Balaban J connectivity index is 1.46. The summed E-state index contributed by atoms with van der Waals surface area (Å²) < 4.78 is 5.00. The molecule has 2 aromatic rings. The summed E-state index contributed by atoms with van der Waals surface area (Å²) in [4.78, 5) is 14.2. The first kappa shape index (κ1) is 14.8. The Kier molecular flexibility index (Phi) is 4.53. The molecule has 3 rings (SSSR count). The van der Waals surface area contributed by atoms with Gasteiger partial charge in [-0.05, 0) is 44.3 Å². The van der Waals surface area contributed by atoms with Crippen molar-refractivity contribution >= 4 is 11.8 Å². The Bertz CT molecular complexity index is 616. The Morgan fingerprint density at radius 3 is 2.68 bits per heavy atom. The molecule has 0 aliphatic carbocycles. The van der Waals surface area contributed by atoms with Gasteiger partial charge in [-0.25, -0.2) is 0 Å². The van der Waals surface area contributed by atoms with Crippen LogP contribution in [0.25, 0.3) is 0 Å². The number of anilines is 1. The molecule has 5 nitrogen and oxygen atoms in total. The summed E-state index contributed by atoms with van der Waals surface area (Å²) in [7, 11) is 0. The van der Waals surface area contributed by atoms with Crippen LogP contribution in [0.4, 0.5) is 5.88 Å². The Morgan fingerprint density at radius 2 is 2.05 bits per heavy atom. The van der Waals surface area contributed by atoms with Crippen LogP contribution in [0.15, 0.2) is 40.9 Å². The lowest BCUT2D eigenvalue weighted by Crippen LogP contribution is -2.38. The molecule has 1 fully saturated rings. The minimum atomic E-state index is -0.0469. The number of nitrogens with one attached hydrogen (secondary N) is 1. The highest BCUT2D eigenvalue weighted by atomic mass is 16.5. The van der Waals surface area contributed by atoms with Gasteiger partial charge in [-0.3, -0.25) is 15.0 Å². The van der Waals surface area contributed by atoms with E-state index in [1.807, 2.05) is 13.0 Å². The number of carbonyl (C=O) groups excluding carboxylic acids is 1. The number of hydrogen-bond acceptors (Lipinski definition) is 4. The fourth-order valence-electron chi connectivity index (χ4n) is 2.95. The maximum absolute atomic E-state index is 12.0. The summed E-state index contributed by atoms with van der Waals surface area (Å²) in [6.07, 6.45) is 2.19. The van der Waals surface area contributed by atoms with Crippen molar-refractivity contribution in [1.82, 2.24) is 10.1 Å². The third-order valence-electron chi connectivity index (χ3n) is 4.12. The molecular weight excluding hydrogens is 278 g/mol. The van der Waals surface area contributed by atoms with E-state index in [1.165, 1.54) is 5.56 Å². The standard InChI is InChI=1S/C17H21N3O2/c1-13-11-17(22-19-13)18-16(21)12-20-9-7-15(8-10-20)14-5-3-2-4-6-14/h2-6,11,15H,7-10,12H2,1H3,(H,18,21). The minimum absolute atomic E-state index is 0.0469. The first-order chi connectivity index (χ1) is 10.7. The molecule has 2 heterocycles. The average molecular weight is 299 g/mol. The normalized spacial score (nSPS) is 16.6. The number of aryl methyl sites for hydroxylation is 1. The summed E-state index contributed by atoms with van der Waals surface area (Å²) in [6.45, 7) is 4.12. The number of likely N-dealkylation sites (tertiary alicyclic amines) is 1. The van der Waals surface area contributed by atoms with E-state index in [4.69, 9.17) is 4.52 Å². The highest BCUT2D eigenvalue weighted by Crippen LogP contribution is 2.27. The molecule has 1 amide bonds. The molecule has 1 aromatic carbocycles. The second-order valence-electron chi connectivity index (χ2n) is 5.84. The molecule has 0 spiro atoms. The van der Waals surface area contributed by atoms with Crippen LogP contribution in [0.3, 0.4) is 0 Å². The van der Waals surface area contributed by atoms with E-state index in [0.29, 0.717) is 18.3 Å². The largest absolute Gasteiger partial charge is 0.338 e. The average Bonchev–Trinajstić information content (AvgIpc) is 2.94. The van der Waals surface area contributed by atoms with Gasteiger partial charge in [0, 0.05) is 6.07 Å². The number of rotatable bonds is 4. The number of amides is 1. The molecule has 5 heteroatoms. The molecule has 1 aromatic heterocycles. The number of aromatic nitrogens is 1. The molecule has 1 aliphatic heterocycles. The van der Waals surface area contributed by atoms with Crippen LogP contribution < -0.4 is 5.32 Å². The zero-order valence-corrected chi connectivity index (χ0v) is 12.8. The maximum Gasteiger partial charge on any atom is 0.240 e. The second kappa shape index (κ2) is 6.75. The van der Waals surface area contributed by atoms with E-state index in [9.17, 15) is 4.79 Å². The van der Waals surface area contributed by atoms with Crippen molar-refractivity contribution in [1.29, 1.82) is 0 Å².